The number of Topliss-reactive ketones (excluding diaryl/α,β-unsaturated/α-hetero) is 1. The first-order valence-electron chi connectivity index (χ1n) is 7.76. The molecule has 0 atom stereocenters. The zero-order valence-corrected chi connectivity index (χ0v) is 14.6. The monoisotopic (exact) mass is 352 g/mol. The van der Waals surface area contributed by atoms with E-state index in [4.69, 9.17) is 11.6 Å². The Morgan fingerprint density at radius 3 is 2.52 bits per heavy atom. The smallest absolute Gasteiger partial charge is 0.229 e. The van der Waals surface area contributed by atoms with Crippen LogP contribution in [-0.4, -0.2) is 15.8 Å². The second kappa shape index (κ2) is 7.32. The van der Waals surface area contributed by atoms with Gasteiger partial charge < -0.3 is 10.6 Å². The second-order valence-electron chi connectivity index (χ2n) is 5.56. The number of ketones is 1. The van der Waals surface area contributed by atoms with Crippen molar-refractivity contribution in [3.63, 3.8) is 0 Å². The molecule has 0 amide bonds. The maximum absolute atomic E-state index is 11.3. The van der Waals surface area contributed by atoms with Crippen LogP contribution in [0.1, 0.15) is 22.8 Å². The fourth-order valence-electron chi connectivity index (χ4n) is 2.29. The molecular weight excluding hydrogens is 336 g/mol. The van der Waals surface area contributed by atoms with E-state index in [0.717, 1.165) is 16.9 Å². The summed E-state index contributed by atoms with van der Waals surface area (Å²) in [6.45, 7) is 3.48. The minimum absolute atomic E-state index is 0.0389. The summed E-state index contributed by atoms with van der Waals surface area (Å²) in [4.78, 5) is 20.0. The van der Waals surface area contributed by atoms with Crippen LogP contribution in [0.4, 0.5) is 23.1 Å². The molecule has 3 aromatic rings. The fraction of sp³-hybridized carbons (Fsp3) is 0.105. The molecule has 25 heavy (non-hydrogen) atoms. The molecule has 0 bridgehead atoms. The maximum atomic E-state index is 11.3. The van der Waals surface area contributed by atoms with Gasteiger partial charge in [0, 0.05) is 28.2 Å². The van der Waals surface area contributed by atoms with E-state index in [2.05, 4.69) is 20.6 Å². The number of rotatable bonds is 5. The van der Waals surface area contributed by atoms with Gasteiger partial charge in [0.15, 0.2) is 5.78 Å². The summed E-state index contributed by atoms with van der Waals surface area (Å²) in [6, 6.07) is 14.6. The van der Waals surface area contributed by atoms with Crippen LogP contribution in [0.2, 0.25) is 5.02 Å². The predicted octanol–water partition coefficient (Wildman–Crippen LogP) is 5.13. The molecule has 0 aliphatic heterocycles. The van der Waals surface area contributed by atoms with E-state index in [1.165, 1.54) is 0 Å². The maximum Gasteiger partial charge on any atom is 0.229 e. The molecule has 1 heterocycles. The van der Waals surface area contributed by atoms with Crippen molar-refractivity contribution in [2.75, 3.05) is 10.6 Å². The molecule has 5 nitrogen and oxygen atoms in total. The average molecular weight is 353 g/mol. The van der Waals surface area contributed by atoms with Crippen LogP contribution in [-0.2, 0) is 0 Å². The zero-order chi connectivity index (χ0) is 17.8. The Hall–Kier alpha value is -2.92. The van der Waals surface area contributed by atoms with Crippen LogP contribution in [0.25, 0.3) is 0 Å². The second-order valence-corrected chi connectivity index (χ2v) is 5.97. The van der Waals surface area contributed by atoms with Gasteiger partial charge in [-0.05, 0) is 61.9 Å². The number of anilines is 4. The van der Waals surface area contributed by atoms with Gasteiger partial charge in [-0.15, -0.1) is 0 Å². The van der Waals surface area contributed by atoms with E-state index in [9.17, 15) is 4.79 Å². The van der Waals surface area contributed by atoms with Crippen molar-refractivity contribution in [1.29, 1.82) is 0 Å². The third-order valence-corrected chi connectivity index (χ3v) is 4.14. The lowest BCUT2D eigenvalue weighted by Crippen LogP contribution is -2.01. The van der Waals surface area contributed by atoms with Crippen LogP contribution in [0.3, 0.4) is 0 Å². The van der Waals surface area contributed by atoms with Crippen molar-refractivity contribution in [1.82, 2.24) is 9.97 Å². The first-order chi connectivity index (χ1) is 12.0. The normalized spacial score (nSPS) is 10.4. The standard InChI is InChI=1S/C19H17ClN4O/c1-12-16(20)4-3-5-17(12)23-19-21-11-10-18(24-19)22-15-8-6-14(7-9-15)13(2)25/h3-11H,1-2H3,(H2,21,22,23,24). The highest BCUT2D eigenvalue weighted by Crippen LogP contribution is 2.25. The molecule has 0 unspecified atom stereocenters. The van der Waals surface area contributed by atoms with E-state index in [0.29, 0.717) is 22.4 Å². The Bertz CT molecular complexity index is 910. The number of benzene rings is 2. The molecule has 0 spiro atoms. The minimum atomic E-state index is 0.0389. The van der Waals surface area contributed by atoms with Gasteiger partial charge in [0.05, 0.1) is 0 Å². The van der Waals surface area contributed by atoms with Gasteiger partial charge in [0.1, 0.15) is 5.82 Å². The van der Waals surface area contributed by atoms with E-state index in [1.54, 1.807) is 31.3 Å². The molecule has 126 valence electrons. The summed E-state index contributed by atoms with van der Waals surface area (Å²) in [6.07, 6.45) is 1.67. The van der Waals surface area contributed by atoms with Crippen molar-refractivity contribution in [2.24, 2.45) is 0 Å². The average Bonchev–Trinajstić information content (AvgIpc) is 2.60. The number of carbonyl (C=O) groups excluding carboxylic acids is 1. The first kappa shape index (κ1) is 16.9. The summed E-state index contributed by atoms with van der Waals surface area (Å²) < 4.78 is 0. The number of hydrogen-bond acceptors (Lipinski definition) is 5. The predicted molar refractivity (Wildman–Crippen MR) is 101 cm³/mol. The van der Waals surface area contributed by atoms with E-state index >= 15 is 0 Å². The largest absolute Gasteiger partial charge is 0.340 e. The lowest BCUT2D eigenvalue weighted by molar-refractivity contribution is 0.101. The summed E-state index contributed by atoms with van der Waals surface area (Å²) in [5.74, 6) is 1.15. The fourth-order valence-corrected chi connectivity index (χ4v) is 2.46. The lowest BCUT2D eigenvalue weighted by atomic mass is 10.1. The van der Waals surface area contributed by atoms with E-state index in [-0.39, 0.29) is 5.78 Å². The third kappa shape index (κ3) is 4.14. The molecule has 3 rings (SSSR count). The molecule has 2 aromatic carbocycles. The van der Waals surface area contributed by atoms with Gasteiger partial charge >= 0.3 is 0 Å². The number of carbonyl (C=O) groups is 1. The van der Waals surface area contributed by atoms with E-state index in [1.807, 2.05) is 37.3 Å². The number of hydrogen-bond donors (Lipinski definition) is 2. The van der Waals surface area contributed by atoms with Crippen LogP contribution >= 0.6 is 11.6 Å². The van der Waals surface area contributed by atoms with Crippen molar-refractivity contribution >= 4 is 40.5 Å². The number of halogens is 1. The molecule has 1 aromatic heterocycles. The number of nitrogens with one attached hydrogen (secondary N) is 2. The summed E-state index contributed by atoms with van der Waals surface area (Å²) in [5, 5.41) is 7.05. The van der Waals surface area contributed by atoms with Gasteiger partial charge in [-0.2, -0.15) is 4.98 Å². The molecule has 0 aliphatic rings. The molecule has 0 radical (unpaired) electrons. The van der Waals surface area contributed by atoms with Gasteiger partial charge in [0.2, 0.25) is 5.95 Å². The Morgan fingerprint density at radius 1 is 1.04 bits per heavy atom. The van der Waals surface area contributed by atoms with Gasteiger partial charge in [-0.25, -0.2) is 4.98 Å². The molecular formula is C19H17ClN4O. The first-order valence-corrected chi connectivity index (χ1v) is 8.14. The molecule has 0 fully saturated rings. The summed E-state index contributed by atoms with van der Waals surface area (Å²) >= 11 is 6.14. The van der Waals surface area contributed by atoms with Crippen LogP contribution in [0.5, 0.6) is 0 Å². The van der Waals surface area contributed by atoms with Crippen molar-refractivity contribution < 1.29 is 4.79 Å². The van der Waals surface area contributed by atoms with Crippen molar-refractivity contribution in [2.45, 2.75) is 13.8 Å². The SMILES string of the molecule is CC(=O)c1ccc(Nc2ccnc(Nc3cccc(Cl)c3C)n2)cc1. The Labute approximate surface area is 151 Å². The number of nitrogens with zero attached hydrogens (tertiary/aromatic N) is 2. The highest BCUT2D eigenvalue weighted by atomic mass is 35.5. The lowest BCUT2D eigenvalue weighted by Gasteiger charge is -2.11. The third-order valence-electron chi connectivity index (χ3n) is 3.73. The quantitative estimate of drug-likeness (QED) is 0.623. The van der Waals surface area contributed by atoms with Crippen LogP contribution < -0.4 is 10.6 Å². The Balaban J connectivity index is 1.77. The molecule has 2 N–H and O–H groups in total. The topological polar surface area (TPSA) is 66.9 Å². The van der Waals surface area contributed by atoms with Gasteiger partial charge in [-0.1, -0.05) is 17.7 Å². The molecule has 0 aliphatic carbocycles. The Kier molecular flexibility index (Phi) is 4.95. The molecule has 6 heteroatoms. The van der Waals surface area contributed by atoms with E-state index < -0.39 is 0 Å². The molecule has 0 saturated heterocycles. The minimum Gasteiger partial charge on any atom is -0.340 e. The summed E-state index contributed by atoms with van der Waals surface area (Å²) in [5.41, 5.74) is 3.31. The summed E-state index contributed by atoms with van der Waals surface area (Å²) in [7, 11) is 0. The van der Waals surface area contributed by atoms with Gasteiger partial charge in [-0.3, -0.25) is 4.79 Å². The Morgan fingerprint density at radius 2 is 1.80 bits per heavy atom. The molecule has 0 saturated carbocycles. The van der Waals surface area contributed by atoms with Crippen LogP contribution in [0.15, 0.2) is 54.7 Å². The van der Waals surface area contributed by atoms with Crippen molar-refractivity contribution in [3.8, 4) is 0 Å². The van der Waals surface area contributed by atoms with Crippen LogP contribution in [0, 0.1) is 6.92 Å². The van der Waals surface area contributed by atoms with Crippen molar-refractivity contribution in [3.05, 3.63) is 70.9 Å². The zero-order valence-electron chi connectivity index (χ0n) is 13.9. The number of aromatic nitrogens is 2. The highest BCUT2D eigenvalue weighted by Gasteiger charge is 2.05. The van der Waals surface area contributed by atoms with Gasteiger partial charge in [0.25, 0.3) is 0 Å². The highest BCUT2D eigenvalue weighted by molar-refractivity contribution is 6.31.